The summed E-state index contributed by atoms with van der Waals surface area (Å²) in [5.74, 6) is 0.115. The van der Waals surface area contributed by atoms with Gasteiger partial charge in [0.1, 0.15) is 0 Å². The van der Waals surface area contributed by atoms with Crippen LogP contribution < -0.4 is 10.5 Å². The molecule has 1 amide bonds. The molecule has 0 fully saturated rings. The van der Waals surface area contributed by atoms with Crippen molar-refractivity contribution < 1.29 is 13.2 Å². The summed E-state index contributed by atoms with van der Waals surface area (Å²) in [4.78, 5) is 12.7. The SMILES string of the molecule is NS(=O)(=O)c1ccc(CNC(=O)CSc2ccccc2Cl)cc1. The molecule has 0 aliphatic rings. The summed E-state index contributed by atoms with van der Waals surface area (Å²) in [7, 11) is -3.70. The number of halogens is 1. The topological polar surface area (TPSA) is 89.3 Å². The highest BCUT2D eigenvalue weighted by molar-refractivity contribution is 8.00. The highest BCUT2D eigenvalue weighted by atomic mass is 35.5. The third-order valence-electron chi connectivity index (χ3n) is 2.94. The van der Waals surface area contributed by atoms with Crippen molar-refractivity contribution in [2.45, 2.75) is 16.3 Å². The maximum Gasteiger partial charge on any atom is 0.238 e. The van der Waals surface area contributed by atoms with E-state index in [0.29, 0.717) is 11.6 Å². The van der Waals surface area contributed by atoms with E-state index >= 15 is 0 Å². The number of benzene rings is 2. The first kappa shape index (κ1) is 17.8. The van der Waals surface area contributed by atoms with E-state index in [1.54, 1.807) is 18.2 Å². The third kappa shape index (κ3) is 5.54. The molecule has 0 aliphatic heterocycles. The number of nitrogens with one attached hydrogen (secondary N) is 1. The molecule has 8 heteroatoms. The van der Waals surface area contributed by atoms with E-state index in [9.17, 15) is 13.2 Å². The summed E-state index contributed by atoms with van der Waals surface area (Å²) in [5.41, 5.74) is 0.786. The Balaban J connectivity index is 1.84. The molecule has 2 aromatic carbocycles. The molecule has 122 valence electrons. The first-order valence-electron chi connectivity index (χ1n) is 6.62. The maximum atomic E-state index is 11.8. The lowest BCUT2D eigenvalue weighted by atomic mass is 10.2. The zero-order chi connectivity index (χ0) is 16.9. The van der Waals surface area contributed by atoms with Crippen molar-refractivity contribution in [3.63, 3.8) is 0 Å². The van der Waals surface area contributed by atoms with Crippen molar-refractivity contribution in [3.05, 3.63) is 59.1 Å². The Morgan fingerprint density at radius 1 is 1.13 bits per heavy atom. The molecule has 0 radical (unpaired) electrons. The minimum atomic E-state index is -3.70. The van der Waals surface area contributed by atoms with Gasteiger partial charge >= 0.3 is 0 Å². The van der Waals surface area contributed by atoms with Crippen molar-refractivity contribution in [3.8, 4) is 0 Å². The largest absolute Gasteiger partial charge is 0.351 e. The van der Waals surface area contributed by atoms with Gasteiger partial charge in [-0.15, -0.1) is 11.8 Å². The predicted octanol–water partition coefficient (Wildman–Crippen LogP) is 2.40. The highest BCUT2D eigenvalue weighted by Crippen LogP contribution is 2.26. The van der Waals surface area contributed by atoms with Gasteiger partial charge in [0.05, 0.1) is 15.7 Å². The molecular formula is C15H15ClN2O3S2. The van der Waals surface area contributed by atoms with Crippen LogP contribution in [0.25, 0.3) is 0 Å². The summed E-state index contributed by atoms with van der Waals surface area (Å²) in [6, 6.07) is 13.4. The number of sulfonamides is 1. The van der Waals surface area contributed by atoms with E-state index in [2.05, 4.69) is 5.32 Å². The van der Waals surface area contributed by atoms with Crippen molar-refractivity contribution >= 4 is 39.3 Å². The van der Waals surface area contributed by atoms with Crippen LogP contribution in [0.15, 0.2) is 58.3 Å². The maximum absolute atomic E-state index is 11.8. The summed E-state index contributed by atoms with van der Waals surface area (Å²) in [6.07, 6.45) is 0. The number of rotatable bonds is 6. The molecule has 0 heterocycles. The van der Waals surface area contributed by atoms with Crippen LogP contribution in [-0.2, 0) is 21.4 Å². The van der Waals surface area contributed by atoms with Crippen molar-refractivity contribution in [1.29, 1.82) is 0 Å². The van der Waals surface area contributed by atoms with Gasteiger partial charge in [0.25, 0.3) is 0 Å². The number of carbonyl (C=O) groups is 1. The molecule has 0 saturated heterocycles. The summed E-state index contributed by atoms with van der Waals surface area (Å²) < 4.78 is 22.3. The first-order valence-corrected chi connectivity index (χ1v) is 9.53. The summed E-state index contributed by atoms with van der Waals surface area (Å²) in [5, 5.41) is 8.40. The lowest BCUT2D eigenvalue weighted by molar-refractivity contribution is -0.118. The monoisotopic (exact) mass is 370 g/mol. The minimum absolute atomic E-state index is 0.0434. The highest BCUT2D eigenvalue weighted by Gasteiger charge is 2.08. The van der Waals surface area contributed by atoms with Gasteiger partial charge in [-0.3, -0.25) is 4.79 Å². The van der Waals surface area contributed by atoms with E-state index in [0.717, 1.165) is 10.5 Å². The summed E-state index contributed by atoms with van der Waals surface area (Å²) in [6.45, 7) is 0.312. The van der Waals surface area contributed by atoms with Gasteiger partial charge in [0.15, 0.2) is 0 Å². The molecular weight excluding hydrogens is 356 g/mol. The lowest BCUT2D eigenvalue weighted by Gasteiger charge is -2.07. The molecule has 0 aliphatic carbocycles. The molecule has 2 rings (SSSR count). The number of nitrogens with two attached hydrogens (primary N) is 1. The van der Waals surface area contributed by atoms with Gasteiger partial charge in [-0.25, -0.2) is 13.6 Å². The van der Waals surface area contributed by atoms with Gasteiger partial charge in [-0.2, -0.15) is 0 Å². The molecule has 0 saturated carbocycles. The van der Waals surface area contributed by atoms with Crippen LogP contribution in [0.1, 0.15) is 5.56 Å². The normalized spacial score (nSPS) is 11.2. The molecule has 23 heavy (non-hydrogen) atoms. The molecule has 0 atom stereocenters. The van der Waals surface area contributed by atoms with E-state index in [1.807, 2.05) is 18.2 Å². The quantitative estimate of drug-likeness (QED) is 0.764. The van der Waals surface area contributed by atoms with Crippen LogP contribution in [0.2, 0.25) is 5.02 Å². The molecule has 0 aromatic heterocycles. The van der Waals surface area contributed by atoms with E-state index in [1.165, 1.54) is 23.9 Å². The zero-order valence-electron chi connectivity index (χ0n) is 12.0. The lowest BCUT2D eigenvalue weighted by Crippen LogP contribution is -2.24. The molecule has 2 aromatic rings. The average molecular weight is 371 g/mol. The standard InChI is InChI=1S/C15H15ClN2O3S2/c16-13-3-1-2-4-14(13)22-10-15(19)18-9-11-5-7-12(8-6-11)23(17,20)21/h1-8H,9-10H2,(H,18,19)(H2,17,20,21). The smallest absolute Gasteiger partial charge is 0.238 e. The molecule has 3 N–H and O–H groups in total. The van der Waals surface area contributed by atoms with E-state index < -0.39 is 10.0 Å². The van der Waals surface area contributed by atoms with Gasteiger partial charge in [0, 0.05) is 11.4 Å². The fourth-order valence-corrected chi connectivity index (χ4v) is 3.34. The zero-order valence-corrected chi connectivity index (χ0v) is 14.4. The Hall–Kier alpha value is -1.54. The second kappa shape index (κ2) is 7.83. The molecule has 0 spiro atoms. The van der Waals surface area contributed by atoms with Gasteiger partial charge in [0.2, 0.25) is 15.9 Å². The Morgan fingerprint density at radius 2 is 1.78 bits per heavy atom. The van der Waals surface area contributed by atoms with Crippen LogP contribution in [0.3, 0.4) is 0 Å². The van der Waals surface area contributed by atoms with Crippen LogP contribution in [0.4, 0.5) is 0 Å². The number of amides is 1. The second-order valence-corrected chi connectivity index (χ2v) is 7.67. The van der Waals surface area contributed by atoms with Crippen molar-refractivity contribution in [1.82, 2.24) is 5.32 Å². The first-order chi connectivity index (χ1) is 10.9. The Morgan fingerprint density at radius 3 is 2.39 bits per heavy atom. The van der Waals surface area contributed by atoms with E-state index in [4.69, 9.17) is 16.7 Å². The fraction of sp³-hybridized carbons (Fsp3) is 0.133. The average Bonchev–Trinajstić information content (AvgIpc) is 2.51. The van der Waals surface area contributed by atoms with Crippen LogP contribution in [-0.4, -0.2) is 20.1 Å². The Kier molecular flexibility index (Phi) is 6.06. The van der Waals surface area contributed by atoms with Gasteiger partial charge < -0.3 is 5.32 Å². The summed E-state index contributed by atoms with van der Waals surface area (Å²) >= 11 is 7.38. The van der Waals surface area contributed by atoms with Gasteiger partial charge in [-0.1, -0.05) is 35.9 Å². The van der Waals surface area contributed by atoms with E-state index in [-0.39, 0.29) is 16.6 Å². The fourth-order valence-electron chi connectivity index (χ4n) is 1.75. The van der Waals surface area contributed by atoms with Crippen LogP contribution in [0.5, 0.6) is 0 Å². The third-order valence-corrected chi connectivity index (χ3v) is 5.38. The van der Waals surface area contributed by atoms with Crippen molar-refractivity contribution in [2.75, 3.05) is 5.75 Å². The second-order valence-electron chi connectivity index (χ2n) is 4.68. The van der Waals surface area contributed by atoms with Crippen LogP contribution >= 0.6 is 23.4 Å². The Bertz CT molecular complexity index is 793. The molecule has 5 nitrogen and oxygen atoms in total. The number of thioether (sulfide) groups is 1. The predicted molar refractivity (Wildman–Crippen MR) is 91.8 cm³/mol. The van der Waals surface area contributed by atoms with Crippen molar-refractivity contribution in [2.24, 2.45) is 5.14 Å². The molecule has 0 bridgehead atoms. The minimum Gasteiger partial charge on any atom is -0.351 e. The number of primary sulfonamides is 1. The van der Waals surface area contributed by atoms with Crippen LogP contribution in [0, 0.1) is 0 Å². The number of hydrogen-bond acceptors (Lipinski definition) is 4. The Labute approximate surface area is 144 Å². The number of carbonyl (C=O) groups excluding carboxylic acids is 1. The van der Waals surface area contributed by atoms with Gasteiger partial charge in [-0.05, 0) is 29.8 Å². The number of hydrogen-bond donors (Lipinski definition) is 2. The molecule has 0 unspecified atom stereocenters.